The van der Waals surface area contributed by atoms with Crippen LogP contribution in [0, 0.1) is 0 Å². The van der Waals surface area contributed by atoms with Gasteiger partial charge in [-0.25, -0.2) is 20.1 Å². The first-order chi connectivity index (χ1) is 17.5. The zero-order valence-electron chi connectivity index (χ0n) is 18.8. The monoisotopic (exact) mass is 484 g/mol. The molecule has 0 amide bonds. The van der Waals surface area contributed by atoms with Crippen LogP contribution in [0.4, 0.5) is 19.1 Å². The van der Waals surface area contributed by atoms with E-state index in [1.54, 1.807) is 41.2 Å². The lowest BCUT2D eigenvalue weighted by atomic mass is 10.1. The van der Waals surface area contributed by atoms with E-state index in [0.717, 1.165) is 17.3 Å². The number of hydrazone groups is 1. The van der Waals surface area contributed by atoms with Crippen LogP contribution < -0.4 is 5.43 Å². The second kappa shape index (κ2) is 9.83. The van der Waals surface area contributed by atoms with E-state index in [1.165, 1.54) is 6.21 Å². The number of alkyl halides is 3. The lowest BCUT2D eigenvalue weighted by Gasteiger charge is -2.10. The van der Waals surface area contributed by atoms with Crippen molar-refractivity contribution in [3.63, 3.8) is 0 Å². The molecule has 0 unspecified atom stereocenters. The smallest absolute Gasteiger partial charge is 0.245 e. The molecule has 0 aliphatic carbocycles. The van der Waals surface area contributed by atoms with Crippen LogP contribution in [-0.2, 0) is 6.18 Å². The summed E-state index contributed by atoms with van der Waals surface area (Å²) in [5.41, 5.74) is 5.22. The third-order valence-corrected chi connectivity index (χ3v) is 5.26. The van der Waals surface area contributed by atoms with Crippen LogP contribution in [0.15, 0.2) is 108 Å². The Balaban J connectivity index is 1.49. The normalized spacial score (nSPS) is 11.6. The van der Waals surface area contributed by atoms with E-state index in [1.807, 2.05) is 60.7 Å². The molecule has 5 rings (SSSR count). The fourth-order valence-electron chi connectivity index (χ4n) is 3.57. The number of nitrogens with zero attached hydrogens (tertiary/aromatic N) is 5. The fraction of sp³-hybridized carbons (Fsp3) is 0.0370. The second-order valence-electron chi connectivity index (χ2n) is 7.78. The number of aromatic nitrogens is 4. The summed E-state index contributed by atoms with van der Waals surface area (Å²) in [5, 5.41) is 8.84. The number of rotatable bonds is 6. The van der Waals surface area contributed by atoms with Gasteiger partial charge >= 0.3 is 6.18 Å². The van der Waals surface area contributed by atoms with Crippen LogP contribution in [0.25, 0.3) is 28.2 Å². The van der Waals surface area contributed by atoms with Crippen LogP contribution in [0.3, 0.4) is 0 Å². The fourth-order valence-corrected chi connectivity index (χ4v) is 3.57. The van der Waals surface area contributed by atoms with Crippen molar-refractivity contribution in [2.45, 2.75) is 6.18 Å². The van der Waals surface area contributed by atoms with Gasteiger partial charge < -0.3 is 0 Å². The molecule has 0 spiro atoms. The minimum absolute atomic E-state index is 0.137. The summed E-state index contributed by atoms with van der Waals surface area (Å²) < 4.78 is 42.2. The molecule has 9 heteroatoms. The number of anilines is 1. The van der Waals surface area contributed by atoms with E-state index >= 15 is 0 Å². The Kier molecular flexibility index (Phi) is 6.27. The molecule has 3 aromatic carbocycles. The van der Waals surface area contributed by atoms with E-state index < -0.39 is 11.9 Å². The molecule has 0 saturated heterocycles. The highest BCUT2D eigenvalue weighted by molar-refractivity contribution is 5.89. The Morgan fingerprint density at radius 2 is 1.39 bits per heavy atom. The number of hydrogen-bond acceptors (Lipinski definition) is 5. The Bertz CT molecular complexity index is 1480. The number of hydrogen-bond donors (Lipinski definition) is 1. The average Bonchev–Trinajstić information content (AvgIpc) is 3.34. The second-order valence-corrected chi connectivity index (χ2v) is 7.78. The highest BCUT2D eigenvalue weighted by Crippen LogP contribution is 2.31. The van der Waals surface area contributed by atoms with E-state index in [-0.39, 0.29) is 11.6 Å². The van der Waals surface area contributed by atoms with E-state index in [4.69, 9.17) is 5.10 Å². The highest BCUT2D eigenvalue weighted by atomic mass is 19.4. The van der Waals surface area contributed by atoms with Gasteiger partial charge in [0.05, 0.1) is 17.6 Å². The van der Waals surface area contributed by atoms with Crippen molar-refractivity contribution in [1.82, 2.24) is 19.7 Å². The Labute approximate surface area is 204 Å². The third-order valence-electron chi connectivity index (χ3n) is 5.26. The van der Waals surface area contributed by atoms with Gasteiger partial charge in [-0.15, -0.1) is 0 Å². The highest BCUT2D eigenvalue weighted by Gasteiger charge is 2.33. The van der Waals surface area contributed by atoms with Gasteiger partial charge in [-0.3, -0.25) is 0 Å². The third kappa shape index (κ3) is 5.15. The molecule has 0 atom stereocenters. The molecule has 1 N–H and O–H groups in total. The van der Waals surface area contributed by atoms with E-state index in [2.05, 4.69) is 20.5 Å². The first kappa shape index (κ1) is 23.0. The first-order valence-corrected chi connectivity index (χ1v) is 11.0. The molecule has 5 aromatic rings. The zero-order valence-corrected chi connectivity index (χ0v) is 18.8. The topological polar surface area (TPSA) is 68.0 Å². The number of benzene rings is 3. The van der Waals surface area contributed by atoms with Crippen LogP contribution in [0.2, 0.25) is 0 Å². The lowest BCUT2D eigenvalue weighted by Crippen LogP contribution is -2.11. The van der Waals surface area contributed by atoms with Gasteiger partial charge in [-0.2, -0.15) is 23.4 Å². The molecule has 0 radical (unpaired) electrons. The predicted octanol–water partition coefficient (Wildman–Crippen LogP) is 6.46. The molecule has 0 aliphatic rings. The summed E-state index contributed by atoms with van der Waals surface area (Å²) in [5.74, 6) is -0.267. The molecule has 6 nitrogen and oxygen atoms in total. The maximum atomic E-state index is 13.5. The number of nitrogens with one attached hydrogen (secondary N) is 1. The van der Waals surface area contributed by atoms with Crippen molar-refractivity contribution in [2.75, 3.05) is 5.43 Å². The van der Waals surface area contributed by atoms with Crippen molar-refractivity contribution in [2.24, 2.45) is 5.10 Å². The average molecular weight is 484 g/mol. The Morgan fingerprint density at radius 1 is 0.778 bits per heavy atom. The quantitative estimate of drug-likeness (QED) is 0.222. The molecule has 0 fully saturated rings. The number of halogens is 3. The number of para-hydroxylation sites is 1. The Morgan fingerprint density at radius 3 is 2.03 bits per heavy atom. The van der Waals surface area contributed by atoms with Gasteiger partial charge in [0.1, 0.15) is 5.69 Å². The van der Waals surface area contributed by atoms with Crippen molar-refractivity contribution in [3.05, 3.63) is 115 Å². The van der Waals surface area contributed by atoms with Crippen LogP contribution >= 0.6 is 0 Å². The zero-order chi connectivity index (χ0) is 25.0. The summed E-state index contributed by atoms with van der Waals surface area (Å²) in [6.45, 7) is 0. The molecule has 0 saturated carbocycles. The summed E-state index contributed by atoms with van der Waals surface area (Å²) in [4.78, 5) is 7.84. The summed E-state index contributed by atoms with van der Waals surface area (Å²) in [7, 11) is 0. The van der Waals surface area contributed by atoms with Crippen molar-refractivity contribution in [1.29, 1.82) is 0 Å². The van der Waals surface area contributed by atoms with E-state index in [0.29, 0.717) is 16.8 Å². The molecule has 2 heterocycles. The first-order valence-electron chi connectivity index (χ1n) is 11.0. The van der Waals surface area contributed by atoms with Crippen LogP contribution in [0.5, 0.6) is 0 Å². The summed E-state index contributed by atoms with van der Waals surface area (Å²) in [6, 6.07) is 28.6. The van der Waals surface area contributed by atoms with Crippen molar-refractivity contribution >= 4 is 12.2 Å². The van der Waals surface area contributed by atoms with Gasteiger partial charge in [0.2, 0.25) is 5.95 Å². The minimum atomic E-state index is -4.64. The van der Waals surface area contributed by atoms with E-state index in [9.17, 15) is 13.2 Å². The minimum Gasteiger partial charge on any atom is -0.245 e. The molecule has 178 valence electrons. The molecule has 36 heavy (non-hydrogen) atoms. The lowest BCUT2D eigenvalue weighted by molar-refractivity contribution is -0.141. The standard InChI is InChI=1S/C27H19F3N6/c28-27(29,30)24-16-23(19-10-4-1-5-11-19)32-26(33-24)34-31-17-21-18-36(22-14-8-3-9-15-22)35-25(21)20-12-6-2-7-13-20/h1-18H,(H,32,33,34). The maximum Gasteiger partial charge on any atom is 0.433 e. The molecular formula is C27H19F3N6. The molecular weight excluding hydrogens is 465 g/mol. The maximum absolute atomic E-state index is 13.5. The van der Waals surface area contributed by atoms with Gasteiger partial charge in [-0.1, -0.05) is 78.9 Å². The van der Waals surface area contributed by atoms with Gasteiger partial charge in [-0.05, 0) is 18.2 Å². The van der Waals surface area contributed by atoms with Gasteiger partial charge in [0, 0.05) is 22.9 Å². The summed E-state index contributed by atoms with van der Waals surface area (Å²) in [6.07, 6.45) is -1.35. The van der Waals surface area contributed by atoms with Crippen LogP contribution in [0.1, 0.15) is 11.3 Å². The SMILES string of the molecule is FC(F)(F)c1cc(-c2ccccc2)nc(NN=Cc2cn(-c3ccccc3)nc2-c2ccccc2)n1. The molecule has 0 aliphatic heterocycles. The molecule has 2 aromatic heterocycles. The van der Waals surface area contributed by atoms with Crippen molar-refractivity contribution < 1.29 is 13.2 Å². The predicted molar refractivity (Wildman–Crippen MR) is 133 cm³/mol. The van der Waals surface area contributed by atoms with Crippen LogP contribution in [-0.4, -0.2) is 26.0 Å². The Hall–Kier alpha value is -4.79. The van der Waals surface area contributed by atoms with Crippen molar-refractivity contribution in [3.8, 4) is 28.2 Å². The summed E-state index contributed by atoms with van der Waals surface area (Å²) >= 11 is 0. The van der Waals surface area contributed by atoms with Gasteiger partial charge in [0.25, 0.3) is 0 Å². The van der Waals surface area contributed by atoms with Gasteiger partial charge in [0.15, 0.2) is 5.69 Å². The molecule has 0 bridgehead atoms. The largest absolute Gasteiger partial charge is 0.433 e.